The highest BCUT2D eigenvalue weighted by Gasteiger charge is 2.18. The molecule has 1 fully saturated rings. The number of sulfone groups is 1. The molecule has 0 aromatic heterocycles. The Labute approximate surface area is 255 Å². The standard InChI is InChI=1S/C34H40N2O6S/c1-3-5-30(24-34(37)38)29-10-14-33(15-11-29)42-26-28-8-6-27(7-9-28)25-35-18-20-36(21-19-35)31-12-16-32(17-13-31)41-22-4-23-43(2,39)40/h6-17,30H,4,18-26H2,1-2H3,(H,37,38)/p+1/t30-/m0/s1. The number of carboxylic acids is 1. The van der Waals surface area contributed by atoms with E-state index in [1.165, 1.54) is 17.5 Å². The Kier molecular flexibility index (Phi) is 11.5. The number of nitrogens with zero attached hydrogens (tertiary/aromatic N) is 2. The lowest BCUT2D eigenvalue weighted by Crippen LogP contribution is -2.45. The van der Waals surface area contributed by atoms with Gasteiger partial charge in [-0.25, -0.2) is 8.42 Å². The normalized spacial score (nSPS) is 14.4. The third-order valence-electron chi connectivity index (χ3n) is 7.37. The summed E-state index contributed by atoms with van der Waals surface area (Å²) in [5, 5.41) is 9.14. The third-order valence-corrected chi connectivity index (χ3v) is 8.40. The van der Waals surface area contributed by atoms with Gasteiger partial charge >= 0.3 is 5.97 Å². The smallest absolute Gasteiger partial charge is 0.304 e. The fourth-order valence-corrected chi connectivity index (χ4v) is 5.68. The number of ether oxygens (including phenoxy) is 2. The van der Waals surface area contributed by atoms with Crippen LogP contribution >= 0.6 is 0 Å². The first-order valence-corrected chi connectivity index (χ1v) is 16.6. The molecule has 4 rings (SSSR count). The molecule has 228 valence electrons. The van der Waals surface area contributed by atoms with E-state index in [9.17, 15) is 13.2 Å². The van der Waals surface area contributed by atoms with Gasteiger partial charge in [0.25, 0.3) is 5.75 Å². The Morgan fingerprint density at radius 2 is 1.60 bits per heavy atom. The molecular formula is C34H41N2O6S+. The number of hydrogen-bond acceptors (Lipinski definition) is 6. The van der Waals surface area contributed by atoms with E-state index in [1.807, 2.05) is 36.4 Å². The zero-order valence-corrected chi connectivity index (χ0v) is 25.7. The summed E-state index contributed by atoms with van der Waals surface area (Å²) in [7, 11) is -2.94. The Balaban J connectivity index is 1.18. The van der Waals surface area contributed by atoms with E-state index in [1.54, 1.807) is 6.92 Å². The van der Waals surface area contributed by atoms with Crippen molar-refractivity contribution >= 4 is 21.5 Å². The minimum absolute atomic E-state index is 0.0211. The van der Waals surface area contributed by atoms with Crippen LogP contribution in [0.15, 0.2) is 72.8 Å². The van der Waals surface area contributed by atoms with Crippen LogP contribution in [0.2, 0.25) is 0 Å². The van der Waals surface area contributed by atoms with Gasteiger partial charge in [0.1, 0.15) is 22.2 Å². The lowest BCUT2D eigenvalue weighted by atomic mass is 9.96. The molecule has 43 heavy (non-hydrogen) atoms. The van der Waals surface area contributed by atoms with E-state index in [2.05, 4.69) is 62.8 Å². The summed E-state index contributed by atoms with van der Waals surface area (Å²) < 4.78 is 33.0. The minimum atomic E-state index is -2.94. The molecule has 0 spiro atoms. The summed E-state index contributed by atoms with van der Waals surface area (Å²) in [6.07, 6.45) is 1.78. The average Bonchev–Trinajstić information content (AvgIpc) is 2.99. The second-order valence-corrected chi connectivity index (χ2v) is 13.1. The summed E-state index contributed by atoms with van der Waals surface area (Å²) in [5.41, 5.74) is 4.41. The van der Waals surface area contributed by atoms with Gasteiger partial charge in [0, 0.05) is 63.2 Å². The third kappa shape index (κ3) is 10.7. The van der Waals surface area contributed by atoms with E-state index in [4.69, 9.17) is 9.84 Å². The maximum atomic E-state index is 11.3. The van der Waals surface area contributed by atoms with Crippen LogP contribution in [0, 0.1) is 11.8 Å². The van der Waals surface area contributed by atoms with Crippen LogP contribution in [0.1, 0.15) is 42.4 Å². The predicted molar refractivity (Wildman–Crippen MR) is 170 cm³/mol. The number of rotatable bonds is 14. The quantitative estimate of drug-likeness (QED) is 0.159. The lowest BCUT2D eigenvalue weighted by Gasteiger charge is -2.36. The summed E-state index contributed by atoms with van der Waals surface area (Å²) in [6, 6.07) is 24.2. The van der Waals surface area contributed by atoms with E-state index in [0.29, 0.717) is 19.6 Å². The van der Waals surface area contributed by atoms with Crippen LogP contribution in [-0.2, 0) is 27.8 Å². The van der Waals surface area contributed by atoms with Crippen molar-refractivity contribution in [3.63, 3.8) is 0 Å². The molecule has 1 atom stereocenters. The highest BCUT2D eigenvalue weighted by molar-refractivity contribution is 7.90. The van der Waals surface area contributed by atoms with Gasteiger partial charge in [-0.1, -0.05) is 42.3 Å². The molecule has 8 nitrogen and oxygen atoms in total. The topological polar surface area (TPSA) is 99.9 Å². The van der Waals surface area contributed by atoms with Crippen LogP contribution in [0.5, 0.6) is 11.5 Å². The van der Waals surface area contributed by atoms with Crippen LogP contribution in [-0.4, -0.2) is 73.9 Å². The molecule has 1 aliphatic heterocycles. The van der Waals surface area contributed by atoms with Crippen LogP contribution in [0.3, 0.4) is 0 Å². The monoisotopic (exact) mass is 605 g/mol. The van der Waals surface area contributed by atoms with Gasteiger partial charge in [0.15, 0.2) is 6.61 Å². The fraction of sp³-hybridized carbons (Fsp3) is 0.382. The van der Waals surface area contributed by atoms with Gasteiger partial charge in [0.2, 0.25) is 0 Å². The number of benzene rings is 3. The average molecular weight is 606 g/mol. The molecule has 0 bridgehead atoms. The van der Waals surface area contributed by atoms with Crippen LogP contribution in [0.25, 0.3) is 0 Å². The Hall–Kier alpha value is -4.00. The molecule has 3 aromatic carbocycles. The number of anilines is 1. The van der Waals surface area contributed by atoms with Gasteiger partial charge in [0.05, 0.1) is 18.1 Å². The molecule has 2 N–H and O–H groups in total. The number of hydrogen-bond donors (Lipinski definition) is 1. The van der Waals surface area contributed by atoms with E-state index < -0.39 is 15.8 Å². The van der Waals surface area contributed by atoms with Gasteiger partial charge in [-0.2, -0.15) is 0 Å². The van der Waals surface area contributed by atoms with Crippen molar-refractivity contribution < 1.29 is 27.8 Å². The van der Waals surface area contributed by atoms with E-state index in [-0.39, 0.29) is 18.1 Å². The van der Waals surface area contributed by atoms with Crippen LogP contribution in [0.4, 0.5) is 5.69 Å². The van der Waals surface area contributed by atoms with Crippen molar-refractivity contribution in [1.29, 1.82) is 0 Å². The molecule has 1 saturated heterocycles. The van der Waals surface area contributed by atoms with Crippen molar-refractivity contribution in [2.24, 2.45) is 0 Å². The molecule has 1 aliphatic rings. The van der Waals surface area contributed by atoms with E-state index >= 15 is 0 Å². The highest BCUT2D eigenvalue weighted by atomic mass is 32.2. The molecule has 0 unspecified atom stereocenters. The van der Waals surface area contributed by atoms with Gasteiger partial charge in [-0.05, 0) is 47.9 Å². The number of aliphatic hydroxyl groups is 1. The number of carboxylic acid groups (broad SMARTS) is 1. The summed E-state index contributed by atoms with van der Waals surface area (Å²) in [6.45, 7) is 7.47. The van der Waals surface area contributed by atoms with E-state index in [0.717, 1.165) is 55.3 Å². The molecule has 0 amide bonds. The summed E-state index contributed by atoms with van der Waals surface area (Å²) >= 11 is 0. The molecule has 0 radical (unpaired) electrons. The lowest BCUT2D eigenvalue weighted by molar-refractivity contribution is -0.137. The Bertz CT molecular complexity index is 1490. The van der Waals surface area contributed by atoms with Crippen molar-refractivity contribution in [3.8, 4) is 23.3 Å². The molecule has 1 heterocycles. The molecule has 0 saturated carbocycles. The first kappa shape index (κ1) is 31.9. The van der Waals surface area contributed by atoms with Crippen LogP contribution < -0.4 is 9.64 Å². The van der Waals surface area contributed by atoms with Gasteiger partial charge in [-0.15, -0.1) is 5.92 Å². The molecule has 9 heteroatoms. The first-order chi connectivity index (χ1) is 20.7. The molecular weight excluding hydrogens is 564 g/mol. The highest BCUT2D eigenvalue weighted by Crippen LogP contribution is 2.24. The van der Waals surface area contributed by atoms with Gasteiger partial charge in [-0.3, -0.25) is 9.69 Å². The zero-order chi connectivity index (χ0) is 30.7. The Morgan fingerprint density at radius 1 is 0.953 bits per heavy atom. The number of carbonyl (C=O) groups is 1. The van der Waals surface area contributed by atoms with Crippen molar-refractivity contribution in [1.82, 2.24) is 4.90 Å². The second-order valence-electron chi connectivity index (χ2n) is 10.9. The number of aromatic hydroxyl groups is 1. The predicted octanol–water partition coefficient (Wildman–Crippen LogP) is 4.85. The summed E-state index contributed by atoms with van der Waals surface area (Å²) in [4.78, 5) is 16.0. The Morgan fingerprint density at radius 3 is 2.21 bits per heavy atom. The first-order valence-electron chi connectivity index (χ1n) is 14.6. The maximum Gasteiger partial charge on any atom is 0.304 e. The molecule has 3 aromatic rings. The van der Waals surface area contributed by atoms with Crippen molar-refractivity contribution in [3.05, 3.63) is 89.5 Å². The van der Waals surface area contributed by atoms with Gasteiger partial charge < -0.3 is 19.5 Å². The van der Waals surface area contributed by atoms with Crippen molar-refractivity contribution in [2.75, 3.05) is 49.7 Å². The second kappa shape index (κ2) is 15.5. The summed E-state index contributed by atoms with van der Waals surface area (Å²) in [5.74, 6) is 6.38. The number of piperazine rings is 1. The molecule has 0 aliphatic carbocycles. The maximum absolute atomic E-state index is 11.3. The fourth-order valence-electron chi connectivity index (χ4n) is 5.03. The largest absolute Gasteiger partial charge is 0.583 e. The SMILES string of the molecule is CC#C[C@@H](CC(=O)O)c1ccc(OCc2ccc(CN3CCN(c4ccc([OH+]CCCS(C)(=O)=O)cc4)CC3)cc2)cc1. The zero-order valence-electron chi connectivity index (χ0n) is 24.9. The number of aliphatic carboxylic acids is 1. The minimum Gasteiger partial charge on any atom is -0.583 e. The van der Waals surface area contributed by atoms with Crippen molar-refractivity contribution in [2.45, 2.75) is 38.8 Å².